The van der Waals surface area contributed by atoms with Crippen molar-refractivity contribution in [2.75, 3.05) is 26.4 Å². The molecule has 4 aliphatic heterocycles. The van der Waals surface area contributed by atoms with E-state index >= 15 is 0 Å². The average molecular weight is 604 g/mol. The number of rotatable bonds is 4. The highest BCUT2D eigenvalue weighted by molar-refractivity contribution is 6.36. The molecular formula is C32H28Cl2N4O4. The third kappa shape index (κ3) is 4.07. The van der Waals surface area contributed by atoms with Crippen molar-refractivity contribution in [1.29, 1.82) is 0 Å². The van der Waals surface area contributed by atoms with E-state index in [1.54, 1.807) is 4.90 Å². The number of ether oxygens (including phenoxy) is 2. The van der Waals surface area contributed by atoms with Gasteiger partial charge in [-0.05, 0) is 47.9 Å². The SMILES string of the molecule is O=C1[C@H]2Cc3c([nH]c4ccccc34)[C@@H](c3ccc4c(c3)OCO4)N2C(=O)CN1[C@@H]1CCN(Cc2c(Cl)cccc2Cl)C1. The van der Waals surface area contributed by atoms with Crippen LogP contribution in [0.3, 0.4) is 0 Å². The number of amides is 2. The number of likely N-dealkylation sites (tertiary alicyclic amines) is 1. The number of nitrogens with one attached hydrogen (secondary N) is 1. The van der Waals surface area contributed by atoms with Crippen LogP contribution in [0.1, 0.15) is 34.8 Å². The first-order valence-electron chi connectivity index (χ1n) is 14.2. The zero-order valence-electron chi connectivity index (χ0n) is 22.7. The average Bonchev–Trinajstić information content (AvgIpc) is 3.74. The van der Waals surface area contributed by atoms with Crippen LogP contribution in [0.2, 0.25) is 10.0 Å². The van der Waals surface area contributed by atoms with Gasteiger partial charge in [0.25, 0.3) is 0 Å². The quantitative estimate of drug-likeness (QED) is 0.349. The summed E-state index contributed by atoms with van der Waals surface area (Å²) >= 11 is 12.9. The Bertz CT molecular complexity index is 1740. The molecule has 0 bridgehead atoms. The van der Waals surface area contributed by atoms with Gasteiger partial charge in [-0.25, -0.2) is 0 Å². The highest BCUT2D eigenvalue weighted by Gasteiger charge is 2.50. The summed E-state index contributed by atoms with van der Waals surface area (Å²) in [6.45, 7) is 2.28. The Morgan fingerprint density at radius 1 is 0.952 bits per heavy atom. The predicted octanol–water partition coefficient (Wildman–Crippen LogP) is 5.16. The molecule has 42 heavy (non-hydrogen) atoms. The van der Waals surface area contributed by atoms with Crippen molar-refractivity contribution < 1.29 is 19.1 Å². The third-order valence-electron chi connectivity index (χ3n) is 9.14. The van der Waals surface area contributed by atoms with Gasteiger partial charge in [-0.1, -0.05) is 53.5 Å². The monoisotopic (exact) mass is 602 g/mol. The molecule has 1 aromatic heterocycles. The molecule has 214 valence electrons. The van der Waals surface area contributed by atoms with E-state index in [-0.39, 0.29) is 31.2 Å². The third-order valence-corrected chi connectivity index (χ3v) is 9.85. The van der Waals surface area contributed by atoms with E-state index in [1.807, 2.05) is 59.5 Å². The molecule has 0 aliphatic carbocycles. The summed E-state index contributed by atoms with van der Waals surface area (Å²) in [6, 6.07) is 18.3. The Morgan fingerprint density at radius 3 is 2.62 bits per heavy atom. The van der Waals surface area contributed by atoms with Gasteiger partial charge in [0.05, 0.1) is 6.04 Å². The number of carbonyl (C=O) groups excluding carboxylic acids is 2. The molecule has 4 aromatic rings. The van der Waals surface area contributed by atoms with E-state index in [9.17, 15) is 9.59 Å². The van der Waals surface area contributed by atoms with E-state index in [0.29, 0.717) is 41.1 Å². The molecule has 4 aliphatic rings. The molecule has 2 saturated heterocycles. The zero-order chi connectivity index (χ0) is 28.5. The van der Waals surface area contributed by atoms with Crippen molar-refractivity contribution in [3.63, 3.8) is 0 Å². The Balaban J connectivity index is 1.12. The van der Waals surface area contributed by atoms with Gasteiger partial charge in [0.1, 0.15) is 12.6 Å². The van der Waals surface area contributed by atoms with E-state index < -0.39 is 12.1 Å². The smallest absolute Gasteiger partial charge is 0.246 e. The molecule has 8 nitrogen and oxygen atoms in total. The van der Waals surface area contributed by atoms with Crippen LogP contribution in [0.5, 0.6) is 11.5 Å². The number of H-pyrrole nitrogens is 1. The van der Waals surface area contributed by atoms with Crippen LogP contribution in [0.4, 0.5) is 0 Å². The summed E-state index contributed by atoms with van der Waals surface area (Å²) in [5.41, 5.74) is 4.80. The molecule has 3 aromatic carbocycles. The molecule has 1 N–H and O–H groups in total. The maximum atomic E-state index is 14.3. The Kier molecular flexibility index (Phi) is 6.14. The molecule has 2 fully saturated rings. The summed E-state index contributed by atoms with van der Waals surface area (Å²) in [4.78, 5) is 37.8. The summed E-state index contributed by atoms with van der Waals surface area (Å²) in [5, 5.41) is 2.35. The second-order valence-electron chi connectivity index (χ2n) is 11.4. The predicted molar refractivity (Wildman–Crippen MR) is 159 cm³/mol. The lowest BCUT2D eigenvalue weighted by Crippen LogP contribution is -2.65. The topological polar surface area (TPSA) is 78.1 Å². The Morgan fingerprint density at radius 2 is 1.76 bits per heavy atom. The molecule has 0 unspecified atom stereocenters. The van der Waals surface area contributed by atoms with Gasteiger partial charge >= 0.3 is 0 Å². The van der Waals surface area contributed by atoms with Gasteiger partial charge < -0.3 is 24.3 Å². The van der Waals surface area contributed by atoms with E-state index in [2.05, 4.69) is 16.0 Å². The van der Waals surface area contributed by atoms with Crippen molar-refractivity contribution >= 4 is 45.9 Å². The molecular weight excluding hydrogens is 575 g/mol. The van der Waals surface area contributed by atoms with Crippen molar-refractivity contribution in [1.82, 2.24) is 19.7 Å². The fourth-order valence-corrected chi connectivity index (χ4v) is 7.66. The summed E-state index contributed by atoms with van der Waals surface area (Å²) in [7, 11) is 0. The van der Waals surface area contributed by atoms with Crippen molar-refractivity contribution in [3.05, 3.63) is 93.1 Å². The minimum absolute atomic E-state index is 0.00102. The second kappa shape index (κ2) is 9.93. The Labute approximate surface area is 252 Å². The summed E-state index contributed by atoms with van der Waals surface area (Å²) < 4.78 is 11.2. The van der Waals surface area contributed by atoms with Crippen LogP contribution in [-0.2, 0) is 22.6 Å². The standard InChI is InChI=1S/C32H28Cl2N4O4/c33-23-5-3-6-24(34)22(23)15-36-11-10-19(14-36)37-16-29(39)38-26(32(37)40)13-21-20-4-1-2-7-25(20)35-30(21)31(38)18-8-9-27-28(12-18)42-17-41-27/h1-9,12,19,26,31,35H,10-11,13-17H2/t19-,26-,31-/m1/s1. The fraction of sp³-hybridized carbons (Fsp3) is 0.312. The molecule has 0 saturated carbocycles. The summed E-state index contributed by atoms with van der Waals surface area (Å²) in [5.74, 6) is 1.27. The maximum Gasteiger partial charge on any atom is 0.246 e. The van der Waals surface area contributed by atoms with E-state index in [0.717, 1.165) is 46.3 Å². The number of hydrogen-bond donors (Lipinski definition) is 1. The number of halogens is 2. The van der Waals surface area contributed by atoms with Crippen LogP contribution in [0, 0.1) is 0 Å². The lowest BCUT2D eigenvalue weighted by atomic mass is 9.85. The first-order valence-corrected chi connectivity index (χ1v) is 15.0. The lowest BCUT2D eigenvalue weighted by Gasteiger charge is -2.48. The molecule has 8 rings (SSSR count). The van der Waals surface area contributed by atoms with Gasteiger partial charge in [0.2, 0.25) is 18.6 Å². The van der Waals surface area contributed by atoms with Gasteiger partial charge in [-0.2, -0.15) is 0 Å². The molecule has 0 spiro atoms. The first kappa shape index (κ1) is 25.9. The highest BCUT2D eigenvalue weighted by Crippen LogP contribution is 2.45. The van der Waals surface area contributed by atoms with E-state index in [1.165, 1.54) is 0 Å². The molecule has 3 atom stereocenters. The normalized spacial score (nSPS) is 23.5. The minimum atomic E-state index is -0.597. The number of hydrogen-bond acceptors (Lipinski definition) is 5. The molecule has 5 heterocycles. The summed E-state index contributed by atoms with van der Waals surface area (Å²) in [6.07, 6.45) is 1.25. The van der Waals surface area contributed by atoms with Gasteiger partial charge in [-0.15, -0.1) is 0 Å². The molecule has 0 radical (unpaired) electrons. The zero-order valence-corrected chi connectivity index (χ0v) is 24.2. The van der Waals surface area contributed by atoms with E-state index in [4.69, 9.17) is 32.7 Å². The maximum absolute atomic E-state index is 14.3. The van der Waals surface area contributed by atoms with Crippen LogP contribution >= 0.6 is 23.2 Å². The molecule has 2 amide bonds. The number of fused-ring (bicyclic) bond motifs is 5. The van der Waals surface area contributed by atoms with Gasteiger partial charge in [0.15, 0.2) is 11.5 Å². The largest absolute Gasteiger partial charge is 0.454 e. The van der Waals surface area contributed by atoms with Crippen LogP contribution in [-0.4, -0.2) is 70.0 Å². The van der Waals surface area contributed by atoms with Crippen molar-refractivity contribution in [2.24, 2.45) is 0 Å². The van der Waals surface area contributed by atoms with Crippen molar-refractivity contribution in [2.45, 2.75) is 37.5 Å². The second-order valence-corrected chi connectivity index (χ2v) is 12.3. The number of piperazine rings is 1. The Hall–Kier alpha value is -3.72. The van der Waals surface area contributed by atoms with Crippen LogP contribution < -0.4 is 9.47 Å². The van der Waals surface area contributed by atoms with Crippen LogP contribution in [0.15, 0.2) is 60.7 Å². The van der Waals surface area contributed by atoms with Gasteiger partial charge in [-0.3, -0.25) is 14.5 Å². The minimum Gasteiger partial charge on any atom is -0.454 e. The van der Waals surface area contributed by atoms with Gasteiger partial charge in [0, 0.05) is 64.3 Å². The number of aromatic amines is 1. The fourth-order valence-electron chi connectivity index (χ4n) is 7.14. The number of benzene rings is 3. The van der Waals surface area contributed by atoms with Crippen molar-refractivity contribution in [3.8, 4) is 11.5 Å². The number of aromatic nitrogens is 1. The number of carbonyl (C=O) groups is 2. The molecule has 10 heteroatoms. The van der Waals surface area contributed by atoms with Crippen LogP contribution in [0.25, 0.3) is 10.9 Å². The highest BCUT2D eigenvalue weighted by atomic mass is 35.5. The lowest BCUT2D eigenvalue weighted by molar-refractivity contribution is -0.160. The first-order chi connectivity index (χ1) is 20.5. The number of para-hydroxylation sites is 1. The number of nitrogens with zero attached hydrogens (tertiary/aromatic N) is 3.